The van der Waals surface area contributed by atoms with Crippen LogP contribution in [0.3, 0.4) is 0 Å². The van der Waals surface area contributed by atoms with Gasteiger partial charge in [0.25, 0.3) is 0 Å². The zero-order chi connectivity index (χ0) is 12.5. The summed E-state index contributed by atoms with van der Waals surface area (Å²) >= 11 is 8.30. The zero-order valence-electron chi connectivity index (χ0n) is 7.55. The van der Waals surface area contributed by atoms with Gasteiger partial charge in [-0.2, -0.15) is 13.2 Å². The Hall–Kier alpha value is -0.820. The van der Waals surface area contributed by atoms with Crippen molar-refractivity contribution in [1.29, 1.82) is 0 Å². The molecule has 0 spiro atoms. The number of nitrogens with two attached hydrogens (primary N) is 1. The lowest BCUT2D eigenvalue weighted by Gasteiger charge is -2.13. The van der Waals surface area contributed by atoms with Crippen molar-refractivity contribution in [2.24, 2.45) is 0 Å². The zero-order valence-corrected chi connectivity index (χ0v) is 9.90. The van der Waals surface area contributed by atoms with Crippen molar-refractivity contribution in [2.75, 3.05) is 5.73 Å². The van der Waals surface area contributed by atoms with Gasteiger partial charge in [0.05, 0.1) is 16.9 Å². The molecule has 16 heavy (non-hydrogen) atoms. The lowest BCUT2D eigenvalue weighted by Crippen LogP contribution is -2.12. The minimum atomic E-state index is -4.64. The van der Waals surface area contributed by atoms with Crippen LogP contribution in [0.4, 0.5) is 18.9 Å². The van der Waals surface area contributed by atoms with Crippen molar-refractivity contribution in [3.63, 3.8) is 0 Å². The number of pyridine rings is 1. The highest BCUT2D eigenvalue weighted by Gasteiger charge is 2.35. The maximum atomic E-state index is 12.5. The molecule has 0 aliphatic heterocycles. The van der Waals surface area contributed by atoms with Gasteiger partial charge in [-0.3, -0.25) is 0 Å². The average Bonchev–Trinajstić information content (AvgIpc) is 2.18. The van der Waals surface area contributed by atoms with Crippen LogP contribution >= 0.6 is 27.5 Å². The molecule has 0 aromatic carbocycles. The number of hydrogen-bond acceptors (Lipinski definition) is 3. The Bertz CT molecular complexity index is 424. The summed E-state index contributed by atoms with van der Waals surface area (Å²) in [5.74, 6) is 0. The van der Waals surface area contributed by atoms with Crippen LogP contribution in [0.15, 0.2) is 6.07 Å². The highest BCUT2D eigenvalue weighted by atomic mass is 79.9. The third-order valence-electron chi connectivity index (χ3n) is 1.74. The third kappa shape index (κ3) is 2.65. The van der Waals surface area contributed by atoms with Crippen molar-refractivity contribution in [1.82, 2.24) is 4.98 Å². The number of carbonyl (C=O) groups is 1. The van der Waals surface area contributed by atoms with E-state index in [1.165, 1.54) is 0 Å². The summed E-state index contributed by atoms with van der Waals surface area (Å²) in [5.41, 5.74) is 3.27. The van der Waals surface area contributed by atoms with Crippen LogP contribution in [-0.4, -0.2) is 11.3 Å². The molecular weight excluding hydrogens is 312 g/mol. The molecule has 0 bridgehead atoms. The summed E-state index contributed by atoms with van der Waals surface area (Å²) in [6.45, 7) is 0. The molecule has 0 aliphatic carbocycles. The first kappa shape index (κ1) is 13.2. The molecule has 1 aromatic heterocycles. The summed E-state index contributed by atoms with van der Waals surface area (Å²) in [5, 5.41) is -0.476. The van der Waals surface area contributed by atoms with Crippen LogP contribution < -0.4 is 5.73 Å². The molecule has 8 heteroatoms. The van der Waals surface area contributed by atoms with E-state index < -0.39 is 27.4 Å². The molecule has 1 atom stereocenters. The molecule has 0 fully saturated rings. The van der Waals surface area contributed by atoms with Gasteiger partial charge in [0.1, 0.15) is 11.1 Å². The molecule has 0 saturated heterocycles. The largest absolute Gasteiger partial charge is 0.418 e. The van der Waals surface area contributed by atoms with Gasteiger partial charge in [0.2, 0.25) is 0 Å². The molecular formula is C8H5BrClF3N2O. The van der Waals surface area contributed by atoms with Gasteiger partial charge >= 0.3 is 6.18 Å². The molecule has 0 aliphatic rings. The van der Waals surface area contributed by atoms with Gasteiger partial charge in [-0.05, 0) is 6.07 Å². The van der Waals surface area contributed by atoms with Crippen molar-refractivity contribution in [3.8, 4) is 0 Å². The summed E-state index contributed by atoms with van der Waals surface area (Å²) in [6, 6.07) is 0.690. The summed E-state index contributed by atoms with van der Waals surface area (Å²) in [6.07, 6.45) is -4.24. The van der Waals surface area contributed by atoms with Crippen LogP contribution in [-0.2, 0) is 11.0 Å². The van der Waals surface area contributed by atoms with Crippen LogP contribution in [0, 0.1) is 0 Å². The van der Waals surface area contributed by atoms with E-state index in [1.807, 2.05) is 0 Å². The second kappa shape index (κ2) is 4.58. The number of hydrogen-bond donors (Lipinski definition) is 1. The fraction of sp³-hybridized carbons (Fsp3) is 0.250. The van der Waals surface area contributed by atoms with Crippen LogP contribution in [0.5, 0.6) is 0 Å². The van der Waals surface area contributed by atoms with Gasteiger partial charge in [-0.25, -0.2) is 4.98 Å². The number of halogens is 5. The third-order valence-corrected chi connectivity index (χ3v) is 2.71. The fourth-order valence-corrected chi connectivity index (χ4v) is 1.42. The highest BCUT2D eigenvalue weighted by molar-refractivity contribution is 9.09. The topological polar surface area (TPSA) is 56.0 Å². The van der Waals surface area contributed by atoms with Gasteiger partial charge in [-0.15, -0.1) is 0 Å². The normalized spacial score (nSPS) is 13.6. The predicted molar refractivity (Wildman–Crippen MR) is 56.4 cm³/mol. The molecule has 0 saturated carbocycles. The maximum Gasteiger partial charge on any atom is 0.418 e. The lowest BCUT2D eigenvalue weighted by atomic mass is 10.1. The predicted octanol–water partition coefficient (Wildman–Crippen LogP) is 2.97. The Kier molecular flexibility index (Phi) is 3.80. The van der Waals surface area contributed by atoms with Crippen molar-refractivity contribution < 1.29 is 18.0 Å². The fourth-order valence-electron chi connectivity index (χ4n) is 0.988. The molecule has 1 aromatic rings. The lowest BCUT2D eigenvalue weighted by molar-refractivity contribution is -0.137. The molecule has 1 heterocycles. The molecule has 1 unspecified atom stereocenters. The quantitative estimate of drug-likeness (QED) is 0.518. The first-order valence-electron chi connectivity index (χ1n) is 3.90. The number of carbonyl (C=O) groups excluding carboxylic acids is 1. The number of anilines is 1. The molecule has 1 rings (SSSR count). The highest BCUT2D eigenvalue weighted by Crippen LogP contribution is 2.38. The van der Waals surface area contributed by atoms with Crippen LogP contribution in [0.1, 0.15) is 16.1 Å². The minimum absolute atomic E-state index is 0.137. The Morgan fingerprint density at radius 3 is 2.56 bits per heavy atom. The van der Waals surface area contributed by atoms with Crippen molar-refractivity contribution in [3.05, 3.63) is 22.5 Å². The first-order valence-corrected chi connectivity index (χ1v) is 5.19. The Labute approximate surface area is 102 Å². The van der Waals surface area contributed by atoms with Crippen molar-refractivity contribution >= 4 is 39.5 Å². The van der Waals surface area contributed by atoms with E-state index in [-0.39, 0.29) is 5.69 Å². The summed E-state index contributed by atoms with van der Waals surface area (Å²) < 4.78 is 37.5. The van der Waals surface area contributed by atoms with Gasteiger partial charge in [0, 0.05) is 0 Å². The van der Waals surface area contributed by atoms with E-state index in [9.17, 15) is 18.0 Å². The van der Waals surface area contributed by atoms with E-state index in [2.05, 4.69) is 20.9 Å². The number of rotatable bonds is 2. The van der Waals surface area contributed by atoms with E-state index in [0.29, 0.717) is 12.4 Å². The molecule has 3 nitrogen and oxygen atoms in total. The number of nitrogen functional groups attached to an aromatic ring is 1. The van der Waals surface area contributed by atoms with Gasteiger partial charge in [0.15, 0.2) is 5.15 Å². The molecule has 88 valence electrons. The van der Waals surface area contributed by atoms with E-state index >= 15 is 0 Å². The Balaban J connectivity index is 3.39. The number of nitrogens with zero attached hydrogens (tertiary/aromatic N) is 1. The SMILES string of the molecule is Nc1c(C(F)(F)F)cc(C(Br)C=O)nc1Cl. The summed E-state index contributed by atoms with van der Waals surface area (Å²) in [7, 11) is 0. The maximum absolute atomic E-state index is 12.5. The second-order valence-corrected chi connectivity index (χ2v) is 4.18. The molecule has 0 radical (unpaired) electrons. The Morgan fingerprint density at radius 2 is 2.12 bits per heavy atom. The van der Waals surface area contributed by atoms with E-state index in [0.717, 1.165) is 0 Å². The monoisotopic (exact) mass is 316 g/mol. The van der Waals surface area contributed by atoms with Crippen LogP contribution in [0.25, 0.3) is 0 Å². The van der Waals surface area contributed by atoms with E-state index in [1.54, 1.807) is 0 Å². The molecule has 0 amide bonds. The Morgan fingerprint density at radius 1 is 1.56 bits per heavy atom. The minimum Gasteiger partial charge on any atom is -0.396 e. The van der Waals surface area contributed by atoms with Crippen LogP contribution in [0.2, 0.25) is 5.15 Å². The standard InChI is InChI=1S/C8H5BrClF3N2O/c9-4(2-16)5-1-3(8(11,12)13)6(14)7(10)15-5/h1-2,4H,14H2. The number of aldehydes is 1. The van der Waals surface area contributed by atoms with Gasteiger partial charge < -0.3 is 10.5 Å². The smallest absolute Gasteiger partial charge is 0.396 e. The van der Waals surface area contributed by atoms with Crippen molar-refractivity contribution in [2.45, 2.75) is 11.0 Å². The average molecular weight is 317 g/mol. The van der Waals surface area contributed by atoms with Gasteiger partial charge in [-0.1, -0.05) is 27.5 Å². The second-order valence-electron chi connectivity index (χ2n) is 2.83. The van der Waals surface area contributed by atoms with E-state index in [4.69, 9.17) is 17.3 Å². The molecule has 2 N–H and O–H groups in total. The summed E-state index contributed by atoms with van der Waals surface area (Å²) in [4.78, 5) is 13.0. The number of aromatic nitrogens is 1. The first-order chi connectivity index (χ1) is 7.27. The number of alkyl halides is 4.